The van der Waals surface area contributed by atoms with E-state index in [0.29, 0.717) is 32.7 Å². The number of piperidine rings is 1. The summed E-state index contributed by atoms with van der Waals surface area (Å²) in [7, 11) is 0. The van der Waals surface area contributed by atoms with Crippen LogP contribution in [0.3, 0.4) is 0 Å². The summed E-state index contributed by atoms with van der Waals surface area (Å²) < 4.78 is 51.6. The van der Waals surface area contributed by atoms with Crippen LogP contribution in [-0.2, 0) is 0 Å². The largest absolute Gasteiger partial charge is 0.302 e. The molecule has 0 bridgehead atoms. The lowest BCUT2D eigenvalue weighted by atomic mass is 10.1. The first-order valence-corrected chi connectivity index (χ1v) is 6.07. The summed E-state index contributed by atoms with van der Waals surface area (Å²) in [6.45, 7) is 2.15. The van der Waals surface area contributed by atoms with Crippen LogP contribution >= 0.6 is 0 Å². The maximum Gasteiger partial charge on any atom is 0.261 e. The zero-order valence-electron chi connectivity index (χ0n) is 9.77. The molecule has 2 aliphatic rings. The van der Waals surface area contributed by atoms with Gasteiger partial charge in [0.15, 0.2) is 0 Å². The Kier molecular flexibility index (Phi) is 3.63. The van der Waals surface area contributed by atoms with Gasteiger partial charge in [0.05, 0.1) is 6.54 Å². The highest BCUT2D eigenvalue weighted by atomic mass is 19.3. The van der Waals surface area contributed by atoms with E-state index in [1.165, 1.54) is 0 Å². The number of likely N-dealkylation sites (tertiary alicyclic amines) is 2. The van der Waals surface area contributed by atoms with Crippen LogP contribution in [0.5, 0.6) is 0 Å². The zero-order chi connectivity index (χ0) is 12.5. The third kappa shape index (κ3) is 3.81. The van der Waals surface area contributed by atoms with Crippen molar-refractivity contribution in [1.82, 2.24) is 9.80 Å². The van der Waals surface area contributed by atoms with E-state index in [-0.39, 0.29) is 25.8 Å². The Balaban J connectivity index is 1.67. The maximum atomic E-state index is 12.9. The Hall–Kier alpha value is -0.360. The molecule has 6 heteroatoms. The topological polar surface area (TPSA) is 6.48 Å². The fraction of sp³-hybridized carbons (Fsp3) is 1.00. The molecule has 2 heterocycles. The van der Waals surface area contributed by atoms with E-state index >= 15 is 0 Å². The molecule has 2 aliphatic heterocycles. The van der Waals surface area contributed by atoms with Gasteiger partial charge in [-0.1, -0.05) is 0 Å². The van der Waals surface area contributed by atoms with Crippen molar-refractivity contribution in [3.8, 4) is 0 Å². The quantitative estimate of drug-likeness (QED) is 0.711. The lowest BCUT2D eigenvalue weighted by Crippen LogP contribution is -2.43. The molecule has 100 valence electrons. The normalized spacial score (nSPS) is 29.6. The van der Waals surface area contributed by atoms with Gasteiger partial charge in [0.25, 0.3) is 11.8 Å². The van der Waals surface area contributed by atoms with Gasteiger partial charge >= 0.3 is 0 Å². The molecular formula is C11H18F4N2. The highest BCUT2D eigenvalue weighted by Crippen LogP contribution is 2.28. The predicted molar refractivity (Wildman–Crippen MR) is 56.6 cm³/mol. The van der Waals surface area contributed by atoms with E-state index in [4.69, 9.17) is 0 Å². The SMILES string of the molecule is FC1(F)CCN(CCN2CCC(F)(F)C2)CC1. The monoisotopic (exact) mass is 254 g/mol. The number of rotatable bonds is 3. The van der Waals surface area contributed by atoms with Crippen molar-refractivity contribution >= 4 is 0 Å². The fourth-order valence-corrected chi connectivity index (χ4v) is 2.38. The van der Waals surface area contributed by atoms with Crippen molar-refractivity contribution in [2.45, 2.75) is 31.1 Å². The molecular weight excluding hydrogens is 236 g/mol. The summed E-state index contributed by atoms with van der Waals surface area (Å²) in [5.41, 5.74) is 0. The van der Waals surface area contributed by atoms with E-state index in [1.807, 2.05) is 4.90 Å². The summed E-state index contributed by atoms with van der Waals surface area (Å²) in [5, 5.41) is 0. The molecule has 2 saturated heterocycles. The highest BCUT2D eigenvalue weighted by Gasteiger charge is 2.38. The Morgan fingerprint density at radius 3 is 1.71 bits per heavy atom. The third-order valence-electron chi connectivity index (χ3n) is 3.57. The molecule has 17 heavy (non-hydrogen) atoms. The summed E-state index contributed by atoms with van der Waals surface area (Å²) in [6.07, 6.45) is -0.294. The van der Waals surface area contributed by atoms with Crippen molar-refractivity contribution in [3.05, 3.63) is 0 Å². The predicted octanol–water partition coefficient (Wildman–Crippen LogP) is 2.06. The number of alkyl halides is 4. The molecule has 0 radical (unpaired) electrons. The molecule has 0 saturated carbocycles. The van der Waals surface area contributed by atoms with Crippen molar-refractivity contribution in [2.24, 2.45) is 0 Å². The summed E-state index contributed by atoms with van der Waals surface area (Å²) in [5.74, 6) is -5.09. The highest BCUT2D eigenvalue weighted by molar-refractivity contribution is 4.83. The summed E-state index contributed by atoms with van der Waals surface area (Å²) >= 11 is 0. The van der Waals surface area contributed by atoms with Crippen LogP contribution in [0.15, 0.2) is 0 Å². The minimum absolute atomic E-state index is 0.0783. The van der Waals surface area contributed by atoms with E-state index < -0.39 is 11.8 Å². The smallest absolute Gasteiger partial charge is 0.261 e. The average molecular weight is 254 g/mol. The Morgan fingerprint density at radius 1 is 0.706 bits per heavy atom. The van der Waals surface area contributed by atoms with Crippen LogP contribution in [-0.4, -0.2) is 60.9 Å². The van der Waals surface area contributed by atoms with Gasteiger partial charge in [-0.25, -0.2) is 17.6 Å². The second-order valence-corrected chi connectivity index (χ2v) is 5.08. The van der Waals surface area contributed by atoms with Crippen molar-refractivity contribution in [3.63, 3.8) is 0 Å². The fourth-order valence-electron chi connectivity index (χ4n) is 2.38. The van der Waals surface area contributed by atoms with E-state index in [2.05, 4.69) is 0 Å². The Morgan fingerprint density at radius 2 is 1.18 bits per heavy atom. The molecule has 0 aromatic rings. The first kappa shape index (κ1) is 13.1. The van der Waals surface area contributed by atoms with Crippen LogP contribution in [0.1, 0.15) is 19.3 Å². The van der Waals surface area contributed by atoms with E-state index in [1.54, 1.807) is 4.90 Å². The number of nitrogens with zero attached hydrogens (tertiary/aromatic N) is 2. The van der Waals surface area contributed by atoms with Gasteiger partial charge in [-0.05, 0) is 0 Å². The average Bonchev–Trinajstić information content (AvgIpc) is 2.57. The van der Waals surface area contributed by atoms with Crippen LogP contribution < -0.4 is 0 Å². The number of halogens is 4. The third-order valence-corrected chi connectivity index (χ3v) is 3.57. The van der Waals surface area contributed by atoms with Gasteiger partial charge in [-0.15, -0.1) is 0 Å². The first-order valence-electron chi connectivity index (χ1n) is 6.07. The van der Waals surface area contributed by atoms with Gasteiger partial charge in [0.2, 0.25) is 0 Å². The lowest BCUT2D eigenvalue weighted by Gasteiger charge is -2.32. The van der Waals surface area contributed by atoms with Gasteiger partial charge in [-0.2, -0.15) is 0 Å². The van der Waals surface area contributed by atoms with Crippen molar-refractivity contribution < 1.29 is 17.6 Å². The van der Waals surface area contributed by atoms with Crippen LogP contribution in [0.25, 0.3) is 0 Å². The maximum absolute atomic E-state index is 12.9. The molecule has 0 unspecified atom stereocenters. The minimum Gasteiger partial charge on any atom is -0.302 e. The minimum atomic E-state index is -2.56. The van der Waals surface area contributed by atoms with Gasteiger partial charge in [-0.3, -0.25) is 4.90 Å². The first-order chi connectivity index (χ1) is 7.86. The molecule has 2 rings (SSSR count). The second-order valence-electron chi connectivity index (χ2n) is 5.08. The Bertz CT molecular complexity index is 260. The molecule has 2 fully saturated rings. The number of hydrogen-bond donors (Lipinski definition) is 0. The zero-order valence-corrected chi connectivity index (χ0v) is 9.77. The molecule has 0 N–H and O–H groups in total. The Labute approximate surface area is 98.6 Å². The molecule has 0 aromatic carbocycles. The molecule has 0 aliphatic carbocycles. The van der Waals surface area contributed by atoms with E-state index in [0.717, 1.165) is 0 Å². The van der Waals surface area contributed by atoms with Gasteiger partial charge in [0.1, 0.15) is 0 Å². The van der Waals surface area contributed by atoms with Gasteiger partial charge < -0.3 is 4.90 Å². The van der Waals surface area contributed by atoms with Gasteiger partial charge in [0, 0.05) is 52.0 Å². The van der Waals surface area contributed by atoms with Crippen molar-refractivity contribution in [1.29, 1.82) is 0 Å². The summed E-state index contributed by atoms with van der Waals surface area (Å²) in [4.78, 5) is 3.65. The molecule has 0 atom stereocenters. The standard InChI is InChI=1S/C11H18F4N2/c12-10(13)1-4-16(5-2-10)7-8-17-6-3-11(14,15)9-17/h1-9H2. The molecule has 2 nitrogen and oxygen atoms in total. The lowest BCUT2D eigenvalue weighted by molar-refractivity contribution is -0.0561. The molecule has 0 aromatic heterocycles. The summed E-state index contributed by atoms with van der Waals surface area (Å²) in [6, 6.07) is 0. The second kappa shape index (κ2) is 4.72. The van der Waals surface area contributed by atoms with Crippen LogP contribution in [0.2, 0.25) is 0 Å². The number of hydrogen-bond acceptors (Lipinski definition) is 2. The van der Waals surface area contributed by atoms with Crippen LogP contribution in [0, 0.1) is 0 Å². The van der Waals surface area contributed by atoms with Crippen LogP contribution in [0.4, 0.5) is 17.6 Å². The molecule has 0 spiro atoms. The molecule has 0 amide bonds. The van der Waals surface area contributed by atoms with Crippen molar-refractivity contribution in [2.75, 3.05) is 39.3 Å². The van der Waals surface area contributed by atoms with E-state index in [9.17, 15) is 17.6 Å².